The second kappa shape index (κ2) is 6.27. The molecule has 4 aliphatic rings. The molecule has 4 fully saturated rings. The van der Waals surface area contributed by atoms with Gasteiger partial charge in [0.25, 0.3) is 0 Å². The van der Waals surface area contributed by atoms with E-state index in [-0.39, 0.29) is 25.7 Å². The van der Waals surface area contributed by atoms with Crippen LogP contribution in [-0.2, 0) is 43.4 Å². The lowest BCUT2D eigenvalue weighted by Gasteiger charge is -2.36. The minimum absolute atomic E-state index is 0.00784. The third-order valence-corrected chi connectivity index (χ3v) is 6.08. The smallest absolute Gasteiger partial charge is 0.457 e. The fourth-order valence-corrected chi connectivity index (χ4v) is 4.13. The van der Waals surface area contributed by atoms with Crippen LogP contribution in [0.15, 0.2) is 0 Å². The molecule has 5 unspecified atom stereocenters. The summed E-state index contributed by atoms with van der Waals surface area (Å²) in [6.45, 7) is 0. The number of carbonyl (C=O) groups excluding carboxylic acids is 2. The van der Waals surface area contributed by atoms with Crippen molar-refractivity contribution in [2.24, 2.45) is 5.92 Å². The fraction of sp³-hybridized carbons (Fsp3) is 0.857. The number of esters is 2. The van der Waals surface area contributed by atoms with E-state index in [4.69, 9.17) is 23.5 Å². The van der Waals surface area contributed by atoms with E-state index in [1.54, 1.807) is 0 Å². The first-order valence-electron chi connectivity index (χ1n) is 8.39. The molecule has 0 amide bonds. The van der Waals surface area contributed by atoms with Crippen molar-refractivity contribution in [2.75, 3.05) is 0 Å². The van der Waals surface area contributed by atoms with Gasteiger partial charge in [-0.15, -0.1) is 0 Å². The summed E-state index contributed by atoms with van der Waals surface area (Å²) in [5.41, 5.74) is 0. The van der Waals surface area contributed by atoms with Gasteiger partial charge in [0.1, 0.15) is 24.2 Å². The molecule has 28 heavy (non-hydrogen) atoms. The van der Waals surface area contributed by atoms with E-state index in [0.29, 0.717) is 0 Å². The lowest BCUT2D eigenvalue weighted by atomic mass is 9.91. The minimum atomic E-state index is -5.94. The Bertz CT molecular complexity index is 791. The molecule has 0 aromatic heterocycles. The summed E-state index contributed by atoms with van der Waals surface area (Å²) in [6, 6.07) is 0. The highest BCUT2D eigenvalue weighted by atomic mass is 32.2. The van der Waals surface area contributed by atoms with E-state index in [1.807, 2.05) is 0 Å². The van der Waals surface area contributed by atoms with Gasteiger partial charge in [-0.1, -0.05) is 0 Å². The Hall–Kier alpha value is -1.45. The summed E-state index contributed by atoms with van der Waals surface area (Å²) in [5.74, 6) is -5.10. The zero-order valence-corrected chi connectivity index (χ0v) is 14.8. The average molecular weight is 430 g/mol. The molecular formula is C14H16F2O11S. The molecule has 3 heterocycles. The number of hydrogen-bond acceptors (Lipinski definition) is 10. The van der Waals surface area contributed by atoms with Gasteiger partial charge in [0.2, 0.25) is 6.29 Å². The summed E-state index contributed by atoms with van der Waals surface area (Å²) in [7, 11) is -5.94. The Morgan fingerprint density at radius 1 is 1.21 bits per heavy atom. The van der Waals surface area contributed by atoms with Crippen molar-refractivity contribution < 1.29 is 60.1 Å². The van der Waals surface area contributed by atoms with Crippen LogP contribution in [0.5, 0.6) is 0 Å². The Labute approximate surface area is 156 Å². The maximum atomic E-state index is 13.3. The first-order chi connectivity index (χ1) is 12.9. The zero-order valence-electron chi connectivity index (χ0n) is 14.0. The third-order valence-electron chi connectivity index (χ3n) is 5.27. The maximum absolute atomic E-state index is 13.3. The molecule has 2 N–H and O–H groups in total. The van der Waals surface area contributed by atoms with Gasteiger partial charge in [0.15, 0.2) is 12.1 Å². The molecule has 0 bridgehead atoms. The zero-order chi connectivity index (χ0) is 20.5. The number of halogens is 2. The Kier molecular flexibility index (Phi) is 4.45. The largest absolute Gasteiger partial charge is 0.465 e. The molecule has 1 spiro atoms. The molecule has 4 rings (SSSR count). The van der Waals surface area contributed by atoms with Crippen LogP contribution in [0.2, 0.25) is 0 Å². The minimum Gasteiger partial charge on any atom is -0.457 e. The number of cyclic esters (lactones) is 1. The van der Waals surface area contributed by atoms with Crippen molar-refractivity contribution in [3.05, 3.63) is 0 Å². The van der Waals surface area contributed by atoms with Crippen LogP contribution in [0.4, 0.5) is 8.78 Å². The van der Waals surface area contributed by atoms with Crippen LogP contribution in [0.25, 0.3) is 0 Å². The molecule has 1 saturated carbocycles. The molecule has 11 nitrogen and oxygen atoms in total. The van der Waals surface area contributed by atoms with Gasteiger partial charge in [-0.3, -0.25) is 9.35 Å². The van der Waals surface area contributed by atoms with Crippen LogP contribution in [-0.4, -0.2) is 71.9 Å². The first kappa shape index (κ1) is 19.8. The number of aliphatic hydroxyl groups is 1. The molecule has 5 atom stereocenters. The number of carbonyl (C=O) groups is 2. The monoisotopic (exact) mass is 430 g/mol. The summed E-state index contributed by atoms with van der Waals surface area (Å²) in [6.07, 6.45) is -4.88. The standard InChI is InChI=1S/C14H16F2O11S/c15-14(16,28(20,21)22)12(19)23-5-1-3-13(4-2-5)26-8-6-7(24-11(8)27-13)10(18)25-9(6)17/h5-8,10-11,18H,1-4H2,(H,20,21,22). The van der Waals surface area contributed by atoms with Crippen molar-refractivity contribution in [1.29, 1.82) is 0 Å². The van der Waals surface area contributed by atoms with Crippen molar-refractivity contribution >= 4 is 22.1 Å². The van der Waals surface area contributed by atoms with E-state index in [0.717, 1.165) is 0 Å². The summed E-state index contributed by atoms with van der Waals surface area (Å²) in [4.78, 5) is 23.2. The predicted octanol–water partition coefficient (Wildman–Crippen LogP) is -0.719. The van der Waals surface area contributed by atoms with E-state index in [1.165, 1.54) is 0 Å². The summed E-state index contributed by atoms with van der Waals surface area (Å²) in [5, 5.41) is 4.56. The lowest BCUT2D eigenvalue weighted by molar-refractivity contribution is -0.257. The van der Waals surface area contributed by atoms with Crippen LogP contribution in [0, 0.1) is 5.92 Å². The van der Waals surface area contributed by atoms with Gasteiger partial charge in [-0.2, -0.15) is 17.2 Å². The molecule has 3 saturated heterocycles. The van der Waals surface area contributed by atoms with Crippen molar-refractivity contribution in [2.45, 2.75) is 67.6 Å². The third kappa shape index (κ3) is 2.98. The van der Waals surface area contributed by atoms with Crippen LogP contribution in [0.3, 0.4) is 0 Å². The number of alkyl halides is 2. The molecule has 1 aliphatic carbocycles. The van der Waals surface area contributed by atoms with E-state index in [9.17, 15) is 31.9 Å². The normalized spacial score (nSPS) is 42.9. The number of hydrogen-bond donors (Lipinski definition) is 2. The second-order valence-corrected chi connectivity index (χ2v) is 8.49. The first-order valence-corrected chi connectivity index (χ1v) is 9.83. The Balaban J connectivity index is 1.36. The molecule has 158 valence electrons. The van der Waals surface area contributed by atoms with Crippen molar-refractivity contribution in [3.8, 4) is 0 Å². The molecule has 0 aromatic carbocycles. The van der Waals surface area contributed by atoms with Gasteiger partial charge < -0.3 is 28.8 Å². The predicted molar refractivity (Wildman–Crippen MR) is 77.8 cm³/mol. The number of fused-ring (bicyclic) bond motifs is 3. The topological polar surface area (TPSA) is 155 Å². The SMILES string of the molecule is O=C1OC(O)C2OC3OC4(CCC(OC(=O)C(F)(F)S(=O)(=O)O)CC4)OC3C12. The maximum Gasteiger partial charge on any atom is 0.465 e. The van der Waals surface area contributed by atoms with E-state index >= 15 is 0 Å². The van der Waals surface area contributed by atoms with Gasteiger partial charge in [-0.25, -0.2) is 4.79 Å². The van der Waals surface area contributed by atoms with E-state index < -0.39 is 69.9 Å². The van der Waals surface area contributed by atoms with Crippen molar-refractivity contribution in [1.82, 2.24) is 0 Å². The van der Waals surface area contributed by atoms with Gasteiger partial charge in [0, 0.05) is 12.8 Å². The Morgan fingerprint density at radius 3 is 2.46 bits per heavy atom. The summed E-state index contributed by atoms with van der Waals surface area (Å²) >= 11 is 0. The lowest BCUT2D eigenvalue weighted by Crippen LogP contribution is -2.44. The molecule has 0 aromatic rings. The van der Waals surface area contributed by atoms with Gasteiger partial charge in [0.05, 0.1) is 0 Å². The van der Waals surface area contributed by atoms with Gasteiger partial charge in [-0.05, 0) is 12.8 Å². The second-order valence-electron chi connectivity index (χ2n) is 7.03. The fourth-order valence-electron chi connectivity index (χ4n) is 3.87. The highest BCUT2D eigenvalue weighted by Crippen LogP contribution is 2.49. The van der Waals surface area contributed by atoms with Gasteiger partial charge >= 0.3 is 27.3 Å². The van der Waals surface area contributed by atoms with Crippen LogP contribution < -0.4 is 0 Å². The van der Waals surface area contributed by atoms with Crippen molar-refractivity contribution in [3.63, 3.8) is 0 Å². The molecule has 3 aliphatic heterocycles. The quantitative estimate of drug-likeness (QED) is 0.430. The number of aliphatic hydroxyl groups excluding tert-OH is 1. The molecule has 14 heteroatoms. The number of rotatable bonds is 3. The average Bonchev–Trinajstić information content (AvgIpc) is 3.18. The van der Waals surface area contributed by atoms with E-state index in [2.05, 4.69) is 4.74 Å². The molecule has 0 radical (unpaired) electrons. The van der Waals surface area contributed by atoms with Crippen LogP contribution >= 0.6 is 0 Å². The van der Waals surface area contributed by atoms with Crippen LogP contribution in [0.1, 0.15) is 25.7 Å². The molecular weight excluding hydrogens is 414 g/mol. The summed E-state index contributed by atoms with van der Waals surface area (Å²) < 4.78 is 82.4. The highest BCUT2D eigenvalue weighted by Gasteiger charge is 2.65. The number of ether oxygens (including phenoxy) is 5. The Morgan fingerprint density at radius 2 is 1.86 bits per heavy atom. The highest BCUT2D eigenvalue weighted by molar-refractivity contribution is 7.87.